The summed E-state index contributed by atoms with van der Waals surface area (Å²) < 4.78 is 0. The van der Waals surface area contributed by atoms with Gasteiger partial charge in [0.1, 0.15) is 10.7 Å². The Morgan fingerprint density at radius 2 is 1.88 bits per heavy atom. The smallest absolute Gasteiger partial charge is 0.275 e. The molecule has 1 aromatic heterocycles. The molecular formula is C18H24N4OS. The van der Waals surface area contributed by atoms with Crippen LogP contribution in [-0.2, 0) is 13.1 Å². The summed E-state index contributed by atoms with van der Waals surface area (Å²) in [5.41, 5.74) is 8.04. The molecular weight excluding hydrogens is 320 g/mol. The van der Waals surface area contributed by atoms with E-state index in [-0.39, 0.29) is 5.91 Å². The van der Waals surface area contributed by atoms with E-state index in [1.165, 1.54) is 55.7 Å². The van der Waals surface area contributed by atoms with Crippen LogP contribution in [0.5, 0.6) is 0 Å². The summed E-state index contributed by atoms with van der Waals surface area (Å²) in [7, 11) is 0. The van der Waals surface area contributed by atoms with E-state index in [9.17, 15) is 4.79 Å². The summed E-state index contributed by atoms with van der Waals surface area (Å²) in [5.74, 6) is -0.189. The van der Waals surface area contributed by atoms with E-state index >= 15 is 0 Å². The summed E-state index contributed by atoms with van der Waals surface area (Å²) >= 11 is 1.41. The predicted octanol–water partition coefficient (Wildman–Crippen LogP) is 3.23. The highest BCUT2D eigenvalue weighted by Gasteiger charge is 2.12. The fraction of sp³-hybridized carbons (Fsp3) is 0.444. The zero-order valence-electron chi connectivity index (χ0n) is 13.8. The number of thiazole rings is 1. The number of benzene rings is 1. The van der Waals surface area contributed by atoms with Gasteiger partial charge >= 0.3 is 0 Å². The number of nitrogens with zero attached hydrogens (tertiary/aromatic N) is 2. The quantitative estimate of drug-likeness (QED) is 0.873. The molecule has 0 atom stereocenters. The second-order valence-corrected chi connectivity index (χ2v) is 7.11. The normalized spacial score (nSPS) is 15.9. The van der Waals surface area contributed by atoms with Crippen LogP contribution in [-0.4, -0.2) is 28.9 Å². The number of nitrogens with one attached hydrogen (secondary N) is 1. The molecule has 0 radical (unpaired) electrons. The molecule has 3 rings (SSSR count). The van der Waals surface area contributed by atoms with Crippen LogP contribution in [0.15, 0.2) is 29.6 Å². The molecule has 2 heterocycles. The fourth-order valence-electron chi connectivity index (χ4n) is 2.95. The minimum Gasteiger partial charge on any atom is -0.325 e. The number of likely N-dealkylation sites (tertiary alicyclic amines) is 1. The Kier molecular flexibility index (Phi) is 5.96. The van der Waals surface area contributed by atoms with Gasteiger partial charge in [0.25, 0.3) is 5.91 Å². The molecule has 2 aromatic rings. The molecule has 0 saturated carbocycles. The number of carbonyl (C=O) groups excluding carboxylic acids is 1. The summed E-state index contributed by atoms with van der Waals surface area (Å²) in [6.07, 6.45) is 5.30. The summed E-state index contributed by atoms with van der Waals surface area (Å²) in [4.78, 5) is 18.9. The molecule has 24 heavy (non-hydrogen) atoms. The average molecular weight is 344 g/mol. The maximum absolute atomic E-state index is 12.2. The highest BCUT2D eigenvalue weighted by Crippen LogP contribution is 2.16. The largest absolute Gasteiger partial charge is 0.325 e. The van der Waals surface area contributed by atoms with Crippen LogP contribution in [0.1, 0.15) is 46.7 Å². The number of hydrogen-bond donors (Lipinski definition) is 2. The van der Waals surface area contributed by atoms with Gasteiger partial charge in [0.05, 0.1) is 0 Å². The first-order valence-corrected chi connectivity index (χ1v) is 9.39. The van der Waals surface area contributed by atoms with Gasteiger partial charge in [-0.2, -0.15) is 0 Å². The van der Waals surface area contributed by atoms with E-state index in [4.69, 9.17) is 5.73 Å². The van der Waals surface area contributed by atoms with Crippen LogP contribution in [0.4, 0.5) is 5.69 Å². The Balaban J connectivity index is 1.56. The summed E-state index contributed by atoms with van der Waals surface area (Å²) in [6.45, 7) is 3.72. The van der Waals surface area contributed by atoms with Gasteiger partial charge in [-0.3, -0.25) is 9.69 Å². The van der Waals surface area contributed by atoms with Crippen molar-refractivity contribution in [1.29, 1.82) is 0 Å². The van der Waals surface area contributed by atoms with Gasteiger partial charge in [-0.25, -0.2) is 4.98 Å². The minimum absolute atomic E-state index is 0.189. The van der Waals surface area contributed by atoms with Crippen molar-refractivity contribution >= 4 is 22.9 Å². The molecule has 0 bridgehead atoms. The predicted molar refractivity (Wildman–Crippen MR) is 98.1 cm³/mol. The Hall–Kier alpha value is -1.76. The third kappa shape index (κ3) is 4.63. The third-order valence-corrected chi connectivity index (χ3v) is 5.15. The Labute approximate surface area is 146 Å². The lowest BCUT2D eigenvalue weighted by molar-refractivity contribution is 0.102. The van der Waals surface area contributed by atoms with Gasteiger partial charge in [0, 0.05) is 24.2 Å². The second-order valence-electron chi connectivity index (χ2n) is 6.17. The van der Waals surface area contributed by atoms with Crippen molar-refractivity contribution in [2.24, 2.45) is 5.73 Å². The molecule has 1 fully saturated rings. The molecule has 1 aliphatic rings. The van der Waals surface area contributed by atoms with Crippen molar-refractivity contribution in [3.05, 3.63) is 45.9 Å². The van der Waals surface area contributed by atoms with Gasteiger partial charge in [-0.15, -0.1) is 11.3 Å². The van der Waals surface area contributed by atoms with Crippen LogP contribution in [0, 0.1) is 0 Å². The van der Waals surface area contributed by atoms with E-state index in [1.807, 2.05) is 12.1 Å². The zero-order valence-corrected chi connectivity index (χ0v) is 14.6. The molecule has 1 saturated heterocycles. The van der Waals surface area contributed by atoms with Gasteiger partial charge in [-0.05, 0) is 43.6 Å². The van der Waals surface area contributed by atoms with Crippen LogP contribution < -0.4 is 11.1 Å². The maximum Gasteiger partial charge on any atom is 0.275 e. The molecule has 6 heteroatoms. The average Bonchev–Trinajstić information content (AvgIpc) is 2.95. The second kappa shape index (κ2) is 8.37. The van der Waals surface area contributed by atoms with Crippen molar-refractivity contribution < 1.29 is 4.79 Å². The van der Waals surface area contributed by atoms with Crippen LogP contribution in [0.2, 0.25) is 0 Å². The van der Waals surface area contributed by atoms with E-state index < -0.39 is 0 Å². The highest BCUT2D eigenvalue weighted by molar-refractivity contribution is 7.09. The molecule has 1 amide bonds. The number of aromatic nitrogens is 1. The summed E-state index contributed by atoms with van der Waals surface area (Å²) in [6, 6.07) is 8.10. The maximum atomic E-state index is 12.2. The van der Waals surface area contributed by atoms with Gasteiger partial charge in [0.15, 0.2) is 0 Å². The number of anilines is 1. The van der Waals surface area contributed by atoms with Crippen LogP contribution in [0.25, 0.3) is 0 Å². The van der Waals surface area contributed by atoms with Crippen molar-refractivity contribution in [2.45, 2.75) is 38.8 Å². The topological polar surface area (TPSA) is 71.2 Å². The fourth-order valence-corrected chi connectivity index (χ4v) is 3.60. The first kappa shape index (κ1) is 17.1. The van der Waals surface area contributed by atoms with Crippen molar-refractivity contribution in [3.63, 3.8) is 0 Å². The zero-order chi connectivity index (χ0) is 16.8. The van der Waals surface area contributed by atoms with Gasteiger partial charge < -0.3 is 11.1 Å². The van der Waals surface area contributed by atoms with Crippen molar-refractivity contribution in [2.75, 3.05) is 18.4 Å². The lowest BCUT2D eigenvalue weighted by Gasteiger charge is -2.19. The van der Waals surface area contributed by atoms with E-state index in [0.717, 1.165) is 17.2 Å². The van der Waals surface area contributed by atoms with Crippen LogP contribution in [0.3, 0.4) is 0 Å². The molecule has 0 spiro atoms. The van der Waals surface area contributed by atoms with E-state index in [2.05, 4.69) is 27.3 Å². The Morgan fingerprint density at radius 1 is 1.17 bits per heavy atom. The summed E-state index contributed by atoms with van der Waals surface area (Å²) in [5, 5.41) is 5.40. The highest BCUT2D eigenvalue weighted by atomic mass is 32.1. The van der Waals surface area contributed by atoms with Gasteiger partial charge in [0.2, 0.25) is 0 Å². The molecule has 1 aromatic carbocycles. The number of rotatable bonds is 5. The lowest BCUT2D eigenvalue weighted by Crippen LogP contribution is -2.23. The van der Waals surface area contributed by atoms with Crippen LogP contribution >= 0.6 is 11.3 Å². The number of nitrogens with two attached hydrogens (primary N) is 1. The minimum atomic E-state index is -0.189. The van der Waals surface area contributed by atoms with Gasteiger partial charge in [-0.1, -0.05) is 25.0 Å². The molecule has 0 unspecified atom stereocenters. The molecule has 1 aliphatic heterocycles. The number of amides is 1. The van der Waals surface area contributed by atoms with E-state index in [0.29, 0.717) is 12.2 Å². The van der Waals surface area contributed by atoms with Crippen molar-refractivity contribution in [3.8, 4) is 0 Å². The molecule has 0 aliphatic carbocycles. The molecule has 128 valence electrons. The Bertz CT molecular complexity index is 660. The molecule has 3 N–H and O–H groups in total. The monoisotopic (exact) mass is 344 g/mol. The third-order valence-electron chi connectivity index (χ3n) is 4.28. The first-order chi connectivity index (χ1) is 11.7. The first-order valence-electron chi connectivity index (χ1n) is 8.52. The standard InChI is InChI=1S/C18H24N4OS/c19-11-17-21-16(13-24-17)18(23)20-15-7-5-14(6-8-15)12-22-9-3-1-2-4-10-22/h5-8,13H,1-4,9-12,19H2,(H,20,23). The van der Waals surface area contributed by atoms with E-state index in [1.54, 1.807) is 5.38 Å². The molecule has 5 nitrogen and oxygen atoms in total. The van der Waals surface area contributed by atoms with Crippen molar-refractivity contribution in [1.82, 2.24) is 9.88 Å². The Morgan fingerprint density at radius 3 is 2.50 bits per heavy atom. The number of hydrogen-bond acceptors (Lipinski definition) is 5. The SMILES string of the molecule is NCc1nc(C(=O)Nc2ccc(CN3CCCCCC3)cc2)cs1. The lowest BCUT2D eigenvalue weighted by atomic mass is 10.2. The number of carbonyl (C=O) groups is 1.